The molecule has 1 aliphatic heterocycles. The summed E-state index contributed by atoms with van der Waals surface area (Å²) in [5.41, 5.74) is 2.53. The van der Waals surface area contributed by atoms with Crippen molar-refractivity contribution < 1.29 is 19.1 Å². The molecule has 0 aromatic heterocycles. The maximum absolute atomic E-state index is 11.8. The Morgan fingerprint density at radius 1 is 1.29 bits per heavy atom. The Hall–Kier alpha value is -1.84. The van der Waals surface area contributed by atoms with E-state index in [4.69, 9.17) is 9.47 Å². The number of esters is 2. The molecule has 3 fully saturated rings. The van der Waals surface area contributed by atoms with E-state index in [1.807, 2.05) is 0 Å². The number of rotatable bonds is 1. The zero-order chi connectivity index (χ0) is 15.3. The van der Waals surface area contributed by atoms with E-state index in [0.717, 1.165) is 24.0 Å². The van der Waals surface area contributed by atoms with Crippen LogP contribution in [0, 0.1) is 17.8 Å². The molecule has 1 heterocycles. The highest BCUT2D eigenvalue weighted by Gasteiger charge is 2.53. The molecule has 2 aliphatic carbocycles. The molecule has 1 saturated heterocycles. The van der Waals surface area contributed by atoms with Crippen molar-refractivity contribution >= 4 is 11.9 Å². The smallest absolute Gasteiger partial charge is 0.334 e. The van der Waals surface area contributed by atoms with Crippen LogP contribution in [0.15, 0.2) is 36.5 Å². The van der Waals surface area contributed by atoms with Gasteiger partial charge in [0.2, 0.25) is 0 Å². The number of carbonyl (C=O) groups excluding carboxylic acids is 2. The minimum atomic E-state index is -0.312. The normalized spacial score (nSPS) is 38.6. The van der Waals surface area contributed by atoms with Crippen molar-refractivity contribution in [2.24, 2.45) is 17.8 Å². The third kappa shape index (κ3) is 2.13. The number of carbonyl (C=O) groups is 2. The van der Waals surface area contributed by atoms with Crippen molar-refractivity contribution in [1.29, 1.82) is 0 Å². The van der Waals surface area contributed by atoms with Crippen LogP contribution in [0.2, 0.25) is 0 Å². The second-order valence-electron chi connectivity index (χ2n) is 6.24. The zero-order valence-electron chi connectivity index (χ0n) is 12.3. The maximum atomic E-state index is 11.8. The number of hydrogen-bond donors (Lipinski definition) is 0. The van der Waals surface area contributed by atoms with Crippen molar-refractivity contribution in [2.45, 2.75) is 38.4 Å². The van der Waals surface area contributed by atoms with Crippen LogP contribution in [-0.4, -0.2) is 24.1 Å². The first-order chi connectivity index (χ1) is 9.90. The average Bonchev–Trinajstić information content (AvgIpc) is 2.81. The molecule has 0 aromatic carbocycles. The summed E-state index contributed by atoms with van der Waals surface area (Å²) in [5.74, 6) is -0.447. The summed E-state index contributed by atoms with van der Waals surface area (Å²) in [5, 5.41) is 0. The lowest BCUT2D eigenvalue weighted by molar-refractivity contribution is -0.145. The predicted octanol–water partition coefficient (Wildman–Crippen LogP) is 2.56. The van der Waals surface area contributed by atoms with Gasteiger partial charge in [-0.2, -0.15) is 0 Å². The predicted molar refractivity (Wildman–Crippen MR) is 77.2 cm³/mol. The Morgan fingerprint density at radius 2 is 2.00 bits per heavy atom. The number of allylic oxidation sites excluding steroid dienone is 1. The number of hydrogen-bond acceptors (Lipinski definition) is 4. The summed E-state index contributed by atoms with van der Waals surface area (Å²) in [6.45, 7) is 13.6. The first-order valence-corrected chi connectivity index (χ1v) is 7.33. The van der Waals surface area contributed by atoms with Crippen molar-refractivity contribution in [3.63, 3.8) is 0 Å². The fourth-order valence-corrected chi connectivity index (χ4v) is 4.01. The average molecular weight is 288 g/mol. The third-order valence-corrected chi connectivity index (χ3v) is 5.06. The van der Waals surface area contributed by atoms with Gasteiger partial charge in [-0.25, -0.2) is 4.79 Å². The molecule has 0 N–H and O–H groups in total. The van der Waals surface area contributed by atoms with Crippen molar-refractivity contribution in [3.05, 3.63) is 36.5 Å². The Kier molecular flexibility index (Phi) is 3.27. The van der Waals surface area contributed by atoms with Crippen LogP contribution in [-0.2, 0) is 19.1 Å². The summed E-state index contributed by atoms with van der Waals surface area (Å²) in [4.78, 5) is 23.1. The molecule has 0 spiro atoms. The van der Waals surface area contributed by atoms with E-state index in [1.165, 1.54) is 6.92 Å². The lowest BCUT2D eigenvalue weighted by Gasteiger charge is -2.26. The molecule has 112 valence electrons. The minimum Gasteiger partial charge on any atom is -0.458 e. The van der Waals surface area contributed by atoms with E-state index in [0.29, 0.717) is 12.0 Å². The van der Waals surface area contributed by atoms with Gasteiger partial charge in [0.25, 0.3) is 0 Å². The molecule has 0 amide bonds. The van der Waals surface area contributed by atoms with Gasteiger partial charge in [0.1, 0.15) is 12.2 Å². The van der Waals surface area contributed by atoms with Crippen LogP contribution < -0.4 is 0 Å². The van der Waals surface area contributed by atoms with E-state index in [2.05, 4.69) is 19.7 Å². The van der Waals surface area contributed by atoms with Gasteiger partial charge in [-0.1, -0.05) is 25.3 Å². The van der Waals surface area contributed by atoms with Crippen LogP contribution in [0.25, 0.3) is 0 Å². The molecule has 5 atom stereocenters. The van der Waals surface area contributed by atoms with Crippen LogP contribution in [0.3, 0.4) is 0 Å². The molecular formula is C17H20O4. The van der Waals surface area contributed by atoms with Gasteiger partial charge < -0.3 is 9.47 Å². The van der Waals surface area contributed by atoms with Crippen LogP contribution in [0.5, 0.6) is 0 Å². The van der Waals surface area contributed by atoms with Gasteiger partial charge in [-0.05, 0) is 30.8 Å². The molecule has 4 nitrogen and oxygen atoms in total. The van der Waals surface area contributed by atoms with Gasteiger partial charge in [0.05, 0.1) is 0 Å². The van der Waals surface area contributed by atoms with Gasteiger partial charge in [-0.3, -0.25) is 4.79 Å². The fourth-order valence-electron chi connectivity index (χ4n) is 4.01. The Morgan fingerprint density at radius 3 is 2.67 bits per heavy atom. The lowest BCUT2D eigenvalue weighted by Crippen LogP contribution is -2.29. The first kappa shape index (κ1) is 14.1. The molecule has 0 bridgehead atoms. The van der Waals surface area contributed by atoms with Crippen LogP contribution in [0.4, 0.5) is 0 Å². The fraction of sp³-hybridized carbons (Fsp3) is 0.529. The van der Waals surface area contributed by atoms with E-state index in [1.54, 1.807) is 0 Å². The molecule has 0 aromatic rings. The van der Waals surface area contributed by atoms with E-state index in [9.17, 15) is 9.59 Å². The monoisotopic (exact) mass is 288 g/mol. The quantitative estimate of drug-likeness (QED) is 0.423. The second kappa shape index (κ2) is 4.86. The summed E-state index contributed by atoms with van der Waals surface area (Å²) in [6, 6.07) is 0. The van der Waals surface area contributed by atoms with Crippen LogP contribution in [0.1, 0.15) is 26.2 Å². The molecular weight excluding hydrogens is 268 g/mol. The van der Waals surface area contributed by atoms with Gasteiger partial charge in [0, 0.05) is 24.3 Å². The summed E-state index contributed by atoms with van der Waals surface area (Å²) < 4.78 is 10.9. The molecule has 0 radical (unpaired) electrons. The lowest BCUT2D eigenvalue weighted by atomic mass is 9.82. The number of ether oxygens (including phenoxy) is 2. The van der Waals surface area contributed by atoms with E-state index >= 15 is 0 Å². The highest BCUT2D eigenvalue weighted by atomic mass is 16.6. The molecule has 4 heteroatoms. The SMILES string of the molecule is C=C1[C@@H]2[C@@H]3OC(=O)C(=C)[C@@H]3CCC(=C)[C@@H]2C[C@@H]1OC(C)=O. The molecule has 3 aliphatic rings. The topological polar surface area (TPSA) is 52.6 Å². The largest absolute Gasteiger partial charge is 0.458 e. The highest BCUT2D eigenvalue weighted by Crippen LogP contribution is 2.52. The standard InChI is InChI=1S/C17H20O4/c1-8-5-6-12-9(2)17(19)21-16(12)15-10(3)14(7-13(8)15)20-11(4)18/h12-16H,1-3,5-7H2,4H3/t12-,13-,14-,15-,16+/m0/s1. The van der Waals surface area contributed by atoms with Crippen LogP contribution >= 0.6 is 0 Å². The summed E-state index contributed by atoms with van der Waals surface area (Å²) in [7, 11) is 0. The van der Waals surface area contributed by atoms with Crippen molar-refractivity contribution in [1.82, 2.24) is 0 Å². The molecule has 2 saturated carbocycles. The Balaban J connectivity index is 1.93. The second-order valence-corrected chi connectivity index (χ2v) is 6.24. The minimum absolute atomic E-state index is 0.0162. The molecule has 3 rings (SSSR count). The van der Waals surface area contributed by atoms with Crippen molar-refractivity contribution in [3.8, 4) is 0 Å². The third-order valence-electron chi connectivity index (χ3n) is 5.06. The molecule has 21 heavy (non-hydrogen) atoms. The van der Waals surface area contributed by atoms with E-state index < -0.39 is 0 Å². The molecule has 0 unspecified atom stereocenters. The highest BCUT2D eigenvalue weighted by molar-refractivity contribution is 5.91. The van der Waals surface area contributed by atoms with E-state index in [-0.39, 0.29) is 41.9 Å². The summed E-state index contributed by atoms with van der Waals surface area (Å²) in [6.07, 6.45) is 1.84. The Labute approximate surface area is 124 Å². The van der Waals surface area contributed by atoms with Gasteiger partial charge in [-0.15, -0.1) is 0 Å². The van der Waals surface area contributed by atoms with Gasteiger partial charge >= 0.3 is 11.9 Å². The van der Waals surface area contributed by atoms with Gasteiger partial charge in [0.15, 0.2) is 0 Å². The van der Waals surface area contributed by atoms with Crippen molar-refractivity contribution in [2.75, 3.05) is 0 Å². The Bertz CT molecular complexity index is 559. The number of fused-ring (bicyclic) bond motifs is 3. The summed E-state index contributed by atoms with van der Waals surface area (Å²) >= 11 is 0. The maximum Gasteiger partial charge on any atom is 0.334 e. The zero-order valence-corrected chi connectivity index (χ0v) is 12.3. The first-order valence-electron chi connectivity index (χ1n) is 7.33.